The number of anilines is 1. The lowest BCUT2D eigenvalue weighted by molar-refractivity contribution is 0.558. The first-order valence-electron chi connectivity index (χ1n) is 8.04. The zero-order chi connectivity index (χ0) is 17.2. The predicted molar refractivity (Wildman–Crippen MR) is 93.5 cm³/mol. The van der Waals surface area contributed by atoms with E-state index >= 15 is 0 Å². The van der Waals surface area contributed by atoms with Gasteiger partial charge < -0.3 is 4.90 Å². The molecule has 0 spiro atoms. The van der Waals surface area contributed by atoms with Crippen molar-refractivity contribution in [1.29, 1.82) is 5.26 Å². The third kappa shape index (κ3) is 2.76. The number of aromatic nitrogens is 4. The third-order valence-electron chi connectivity index (χ3n) is 4.37. The van der Waals surface area contributed by atoms with E-state index in [9.17, 15) is 0 Å². The highest BCUT2D eigenvalue weighted by molar-refractivity contribution is 5.47. The molecule has 4 rings (SSSR count). The van der Waals surface area contributed by atoms with Crippen LogP contribution in [-0.2, 0) is 6.54 Å². The summed E-state index contributed by atoms with van der Waals surface area (Å²) < 4.78 is 1.82. The fraction of sp³-hybridized carbons (Fsp3) is 0.158. The molecule has 0 amide bonds. The summed E-state index contributed by atoms with van der Waals surface area (Å²) in [4.78, 5) is 2.11. The van der Waals surface area contributed by atoms with Crippen LogP contribution in [-0.4, -0.2) is 20.2 Å². The fourth-order valence-electron chi connectivity index (χ4n) is 3.05. The summed E-state index contributed by atoms with van der Waals surface area (Å²) in [6.07, 6.45) is 2.15. The molecule has 3 aromatic rings. The van der Waals surface area contributed by atoms with Crippen molar-refractivity contribution >= 4 is 5.95 Å². The third-order valence-corrected chi connectivity index (χ3v) is 4.37. The van der Waals surface area contributed by atoms with Gasteiger partial charge in [0.1, 0.15) is 6.04 Å². The summed E-state index contributed by atoms with van der Waals surface area (Å²) in [5.74, 6) is 0.721. The van der Waals surface area contributed by atoms with E-state index in [1.54, 1.807) is 0 Å². The minimum absolute atomic E-state index is 0.0789. The largest absolute Gasteiger partial charge is 0.309 e. The molecule has 6 heteroatoms. The van der Waals surface area contributed by atoms with Crippen molar-refractivity contribution in [2.75, 3.05) is 4.90 Å². The van der Waals surface area contributed by atoms with E-state index in [2.05, 4.69) is 51.6 Å². The maximum Gasteiger partial charge on any atom is 0.250 e. The zero-order valence-electron chi connectivity index (χ0n) is 13.7. The van der Waals surface area contributed by atoms with Gasteiger partial charge in [0.05, 0.1) is 18.2 Å². The van der Waals surface area contributed by atoms with Gasteiger partial charge in [-0.2, -0.15) is 9.94 Å². The number of fused-ring (bicyclic) bond motifs is 1. The monoisotopic (exact) mass is 328 g/mol. The minimum atomic E-state index is -0.0789. The van der Waals surface area contributed by atoms with Crippen LogP contribution in [0.4, 0.5) is 5.95 Å². The maximum absolute atomic E-state index is 8.97. The van der Waals surface area contributed by atoms with Crippen molar-refractivity contribution in [3.63, 3.8) is 0 Å². The normalized spacial score (nSPS) is 16.1. The Morgan fingerprint density at radius 3 is 2.56 bits per heavy atom. The number of allylic oxidation sites excluding steroid dienone is 2. The predicted octanol–water partition coefficient (Wildman–Crippen LogP) is 3.06. The highest BCUT2D eigenvalue weighted by Gasteiger charge is 2.28. The average Bonchev–Trinajstić information content (AvgIpc) is 3.14. The smallest absolute Gasteiger partial charge is 0.250 e. The van der Waals surface area contributed by atoms with Gasteiger partial charge in [0, 0.05) is 5.70 Å². The molecule has 1 unspecified atom stereocenters. The molecule has 1 aromatic heterocycles. The lowest BCUT2D eigenvalue weighted by Gasteiger charge is -2.31. The first kappa shape index (κ1) is 15.1. The van der Waals surface area contributed by atoms with Crippen molar-refractivity contribution in [3.8, 4) is 6.07 Å². The topological polar surface area (TPSA) is 70.6 Å². The number of hydrogen-bond donors (Lipinski definition) is 0. The molecular weight excluding hydrogens is 312 g/mol. The fourth-order valence-corrected chi connectivity index (χ4v) is 3.05. The van der Waals surface area contributed by atoms with Crippen molar-refractivity contribution in [1.82, 2.24) is 20.2 Å². The Labute approximate surface area is 145 Å². The standard InChI is InChI=1S/C19H16N6/c1-14-11-18(17-9-7-15(12-20)8-10-17)25-19(21-22-23-25)24(14)13-16-5-3-2-4-6-16/h2-11,18H,13H2,1H3. The zero-order valence-corrected chi connectivity index (χ0v) is 13.7. The molecule has 122 valence electrons. The summed E-state index contributed by atoms with van der Waals surface area (Å²) >= 11 is 0. The SMILES string of the molecule is CC1=CC(c2ccc(C#N)cc2)n2nnnc2N1Cc1ccccc1. The molecule has 1 aliphatic heterocycles. The first-order valence-corrected chi connectivity index (χ1v) is 8.04. The molecule has 0 radical (unpaired) electrons. The van der Waals surface area contributed by atoms with Gasteiger partial charge in [-0.1, -0.05) is 47.6 Å². The van der Waals surface area contributed by atoms with Gasteiger partial charge in [-0.15, -0.1) is 0 Å². The number of nitriles is 1. The van der Waals surface area contributed by atoms with E-state index in [0.29, 0.717) is 12.1 Å². The van der Waals surface area contributed by atoms with Crippen LogP contribution < -0.4 is 4.90 Å². The van der Waals surface area contributed by atoms with Crippen LogP contribution in [0.2, 0.25) is 0 Å². The molecule has 0 fully saturated rings. The van der Waals surface area contributed by atoms with Gasteiger partial charge in [0.15, 0.2) is 0 Å². The molecule has 2 aromatic carbocycles. The maximum atomic E-state index is 8.97. The summed E-state index contributed by atoms with van der Waals surface area (Å²) in [5, 5.41) is 21.3. The average molecular weight is 328 g/mol. The van der Waals surface area contributed by atoms with Crippen molar-refractivity contribution in [2.24, 2.45) is 0 Å². The van der Waals surface area contributed by atoms with Crippen LogP contribution in [0.5, 0.6) is 0 Å². The molecule has 1 aliphatic rings. The lowest BCUT2D eigenvalue weighted by atomic mass is 10.0. The molecular formula is C19H16N6. The highest BCUT2D eigenvalue weighted by Crippen LogP contribution is 2.32. The van der Waals surface area contributed by atoms with Gasteiger partial charge in [-0.25, -0.2) is 0 Å². The molecule has 6 nitrogen and oxygen atoms in total. The van der Waals surface area contributed by atoms with E-state index in [4.69, 9.17) is 5.26 Å². The van der Waals surface area contributed by atoms with Crippen LogP contribution in [0.1, 0.15) is 29.7 Å². The number of benzene rings is 2. The Balaban J connectivity index is 1.70. The summed E-state index contributed by atoms with van der Waals surface area (Å²) in [6.45, 7) is 2.78. The second-order valence-corrected chi connectivity index (χ2v) is 5.98. The van der Waals surface area contributed by atoms with E-state index in [0.717, 1.165) is 17.2 Å². The summed E-state index contributed by atoms with van der Waals surface area (Å²) in [6, 6.07) is 19.8. The van der Waals surface area contributed by atoms with Crippen LogP contribution in [0.15, 0.2) is 66.4 Å². The van der Waals surface area contributed by atoms with Gasteiger partial charge in [0.25, 0.3) is 5.95 Å². The Bertz CT molecular complexity index is 950. The van der Waals surface area contributed by atoms with E-state index in [-0.39, 0.29) is 6.04 Å². The van der Waals surface area contributed by atoms with Crippen molar-refractivity contribution in [3.05, 3.63) is 83.1 Å². The summed E-state index contributed by atoms with van der Waals surface area (Å²) in [7, 11) is 0. The highest BCUT2D eigenvalue weighted by atomic mass is 15.6. The van der Waals surface area contributed by atoms with Crippen molar-refractivity contribution < 1.29 is 0 Å². The molecule has 2 heterocycles. The lowest BCUT2D eigenvalue weighted by Crippen LogP contribution is -2.30. The number of nitrogens with zero attached hydrogens (tertiary/aromatic N) is 6. The van der Waals surface area contributed by atoms with Crippen LogP contribution >= 0.6 is 0 Å². The molecule has 0 saturated carbocycles. The quantitative estimate of drug-likeness (QED) is 0.739. The first-order chi connectivity index (χ1) is 12.3. The van der Waals surface area contributed by atoms with E-state index < -0.39 is 0 Å². The van der Waals surface area contributed by atoms with Gasteiger partial charge in [0.2, 0.25) is 0 Å². The van der Waals surface area contributed by atoms with Gasteiger partial charge in [-0.3, -0.25) is 0 Å². The Morgan fingerprint density at radius 2 is 1.84 bits per heavy atom. The second-order valence-electron chi connectivity index (χ2n) is 5.98. The Hall–Kier alpha value is -3.46. The Kier molecular flexibility index (Phi) is 3.75. The Morgan fingerprint density at radius 1 is 1.08 bits per heavy atom. The minimum Gasteiger partial charge on any atom is -0.309 e. The van der Waals surface area contributed by atoms with E-state index in [1.165, 1.54) is 5.56 Å². The molecule has 1 atom stereocenters. The molecule has 25 heavy (non-hydrogen) atoms. The summed E-state index contributed by atoms with van der Waals surface area (Å²) in [5.41, 5.74) is 3.98. The van der Waals surface area contributed by atoms with E-state index in [1.807, 2.05) is 47.1 Å². The molecule has 0 N–H and O–H groups in total. The second kappa shape index (κ2) is 6.21. The molecule has 0 bridgehead atoms. The van der Waals surface area contributed by atoms with Crippen LogP contribution in [0.3, 0.4) is 0 Å². The van der Waals surface area contributed by atoms with Gasteiger partial charge >= 0.3 is 0 Å². The molecule has 0 saturated heterocycles. The van der Waals surface area contributed by atoms with Crippen molar-refractivity contribution in [2.45, 2.75) is 19.5 Å². The van der Waals surface area contributed by atoms with Crippen LogP contribution in [0, 0.1) is 11.3 Å². The number of rotatable bonds is 3. The molecule has 0 aliphatic carbocycles. The number of hydrogen-bond acceptors (Lipinski definition) is 5. The van der Waals surface area contributed by atoms with Gasteiger partial charge in [-0.05, 0) is 46.7 Å². The van der Waals surface area contributed by atoms with Crippen LogP contribution in [0.25, 0.3) is 0 Å². The number of tetrazole rings is 1.